The van der Waals surface area contributed by atoms with Crippen LogP contribution in [0.3, 0.4) is 0 Å². The second kappa shape index (κ2) is 14.1. The van der Waals surface area contributed by atoms with E-state index in [4.69, 9.17) is 11.6 Å². The van der Waals surface area contributed by atoms with Crippen LogP contribution in [0.25, 0.3) is 16.6 Å². The maximum Gasteiger partial charge on any atom is 0.282 e. The topological polar surface area (TPSA) is 128 Å². The van der Waals surface area contributed by atoms with Crippen LogP contribution in [0.2, 0.25) is 5.02 Å². The van der Waals surface area contributed by atoms with Crippen molar-refractivity contribution in [3.05, 3.63) is 98.1 Å². The minimum absolute atomic E-state index is 0.108. The number of imide groups is 2. The standard InChI is InChI=1S/C47H50ClN7O5/c1-47(2)35-9-6-28(20-39(35)54-37-5-3-4-36(48)41(37)43(58)50-46(47)54)27-14-16-51(17-15-27)23-32-33-24-52(25-34(32)33)22-26-12-18-53(19-13-26)29-7-8-30-31(21-29)45(60)55(44(30)59)38-10-11-40(56)49-42(38)57/h3-9,20-21,26-27,32-34,38H,10-19,22-25H2,1-2H3,(H,49,56,57). The molecule has 1 aliphatic carbocycles. The average Bonchev–Trinajstić information content (AvgIpc) is 3.45. The molecule has 0 bridgehead atoms. The SMILES string of the molecule is CC1(C)c2ccc(C3CCN(CC4C5CN(CC6CCN(c7ccc8c(c7)C(=O)N(C7CCC(=O)NC7=O)C8=O)CC6)CC45)CC3)cc2-n2c1nc(=O)c1c(Cl)cccc12. The summed E-state index contributed by atoms with van der Waals surface area (Å²) >= 11 is 6.52. The molecule has 1 N–H and O–H groups in total. The minimum atomic E-state index is -0.952. The molecule has 4 amide bonds. The van der Waals surface area contributed by atoms with Gasteiger partial charge >= 0.3 is 0 Å². The zero-order valence-corrected chi connectivity index (χ0v) is 34.9. The van der Waals surface area contributed by atoms with Crippen LogP contribution >= 0.6 is 11.6 Å². The predicted molar refractivity (Wildman–Crippen MR) is 228 cm³/mol. The maximum atomic E-state index is 13.4. The Morgan fingerprint density at radius 1 is 0.800 bits per heavy atom. The van der Waals surface area contributed by atoms with Crippen molar-refractivity contribution >= 4 is 51.8 Å². The number of piperidine rings is 4. The predicted octanol–water partition coefficient (Wildman–Crippen LogP) is 5.35. The number of fused-ring (bicyclic) bond motifs is 7. The van der Waals surface area contributed by atoms with E-state index in [2.05, 4.69) is 61.6 Å². The lowest BCUT2D eigenvalue weighted by molar-refractivity contribution is -0.136. The largest absolute Gasteiger partial charge is 0.371 e. The highest BCUT2D eigenvalue weighted by atomic mass is 35.5. The van der Waals surface area contributed by atoms with Crippen molar-refractivity contribution < 1.29 is 19.2 Å². The molecular formula is C47H50ClN7O5. The van der Waals surface area contributed by atoms with Gasteiger partial charge in [-0.15, -0.1) is 0 Å². The molecule has 6 aliphatic heterocycles. The lowest BCUT2D eigenvalue weighted by atomic mass is 9.83. The number of amides is 4. The summed E-state index contributed by atoms with van der Waals surface area (Å²) in [5.41, 5.74) is 5.46. The van der Waals surface area contributed by atoms with Gasteiger partial charge in [-0.25, -0.2) is 0 Å². The molecule has 7 aliphatic rings. The Hall–Kier alpha value is -4.91. The highest BCUT2D eigenvalue weighted by Gasteiger charge is 2.56. The van der Waals surface area contributed by atoms with Gasteiger partial charge in [-0.3, -0.25) is 38.8 Å². The third-order valence-corrected chi connectivity index (χ3v) is 15.6. The van der Waals surface area contributed by atoms with E-state index in [-0.39, 0.29) is 29.7 Å². The first-order valence-corrected chi connectivity index (χ1v) is 22.2. The van der Waals surface area contributed by atoms with Gasteiger partial charge in [0, 0.05) is 51.4 Å². The third kappa shape index (κ3) is 6.07. The maximum absolute atomic E-state index is 13.4. The van der Waals surface area contributed by atoms with E-state index in [1.165, 1.54) is 30.8 Å². The summed E-state index contributed by atoms with van der Waals surface area (Å²) in [5, 5.41) is 3.19. The fraction of sp³-hybridized carbons (Fsp3) is 0.489. The third-order valence-electron chi connectivity index (χ3n) is 15.3. The molecule has 3 unspecified atom stereocenters. The van der Waals surface area contributed by atoms with Crippen LogP contribution in [0, 0.1) is 23.7 Å². The Morgan fingerprint density at radius 2 is 1.55 bits per heavy atom. The van der Waals surface area contributed by atoms with Gasteiger partial charge in [0.25, 0.3) is 17.4 Å². The van der Waals surface area contributed by atoms with Gasteiger partial charge in [0.2, 0.25) is 11.8 Å². The van der Waals surface area contributed by atoms with Gasteiger partial charge in [-0.2, -0.15) is 4.98 Å². The molecule has 3 atom stereocenters. The zero-order valence-electron chi connectivity index (χ0n) is 34.2. The quantitative estimate of drug-likeness (QED) is 0.245. The summed E-state index contributed by atoms with van der Waals surface area (Å²) in [4.78, 5) is 77.1. The lowest BCUT2D eigenvalue weighted by Crippen LogP contribution is -2.54. The molecular weight excluding hydrogens is 778 g/mol. The molecule has 4 aromatic rings. The average molecular weight is 828 g/mol. The first-order chi connectivity index (χ1) is 28.9. The van der Waals surface area contributed by atoms with Crippen LogP contribution in [-0.2, 0) is 15.0 Å². The molecule has 60 heavy (non-hydrogen) atoms. The minimum Gasteiger partial charge on any atom is -0.371 e. The number of carbonyl (C=O) groups is 4. The van der Waals surface area contributed by atoms with E-state index in [9.17, 15) is 24.0 Å². The van der Waals surface area contributed by atoms with Gasteiger partial charge in [0.05, 0.1) is 38.2 Å². The van der Waals surface area contributed by atoms with Crippen molar-refractivity contribution in [1.82, 2.24) is 29.6 Å². The number of hydrogen-bond donors (Lipinski definition) is 1. The molecule has 1 saturated carbocycles. The number of aromatic nitrogens is 2. The van der Waals surface area contributed by atoms with Crippen LogP contribution in [0.5, 0.6) is 0 Å². The number of halogens is 1. The fourth-order valence-electron chi connectivity index (χ4n) is 11.8. The summed E-state index contributed by atoms with van der Waals surface area (Å²) in [7, 11) is 0. The molecule has 11 rings (SSSR count). The number of benzene rings is 3. The van der Waals surface area contributed by atoms with E-state index < -0.39 is 23.8 Å². The van der Waals surface area contributed by atoms with E-state index in [0.29, 0.717) is 33.4 Å². The van der Waals surface area contributed by atoms with E-state index >= 15 is 0 Å². The molecule has 4 saturated heterocycles. The number of nitrogens with one attached hydrogen (secondary N) is 1. The molecule has 13 heteroatoms. The van der Waals surface area contributed by atoms with Gasteiger partial charge < -0.3 is 14.7 Å². The number of anilines is 1. The second-order valence-electron chi connectivity index (χ2n) is 19.0. The Bertz CT molecular complexity index is 2560. The molecule has 0 radical (unpaired) electrons. The van der Waals surface area contributed by atoms with Crippen molar-refractivity contribution in [2.45, 2.75) is 69.7 Å². The highest BCUT2D eigenvalue weighted by Crippen LogP contribution is 2.53. The zero-order chi connectivity index (χ0) is 41.2. The number of carbonyl (C=O) groups excluding carboxylic acids is 4. The highest BCUT2D eigenvalue weighted by molar-refractivity contribution is 6.35. The Balaban J connectivity index is 0.655. The summed E-state index contributed by atoms with van der Waals surface area (Å²) in [6.45, 7) is 13.2. The van der Waals surface area contributed by atoms with Crippen LogP contribution < -0.4 is 15.8 Å². The van der Waals surface area contributed by atoms with Crippen LogP contribution in [0.1, 0.15) is 96.0 Å². The Labute approximate surface area is 353 Å². The Kier molecular flexibility index (Phi) is 8.92. The molecule has 7 heterocycles. The number of hydrogen-bond acceptors (Lipinski definition) is 9. The number of nitrogens with zero attached hydrogens (tertiary/aromatic N) is 6. The fourth-order valence-corrected chi connectivity index (χ4v) is 12.1. The monoisotopic (exact) mass is 827 g/mol. The van der Waals surface area contributed by atoms with Crippen molar-refractivity contribution in [3.8, 4) is 5.69 Å². The van der Waals surface area contributed by atoms with Crippen molar-refractivity contribution in [1.29, 1.82) is 0 Å². The van der Waals surface area contributed by atoms with E-state index in [0.717, 1.165) is 104 Å². The van der Waals surface area contributed by atoms with Crippen molar-refractivity contribution in [3.63, 3.8) is 0 Å². The summed E-state index contributed by atoms with van der Waals surface area (Å²) in [6, 6.07) is 17.1. The molecule has 5 fully saturated rings. The van der Waals surface area contributed by atoms with Gasteiger partial charge in [0.1, 0.15) is 11.9 Å². The lowest BCUT2D eigenvalue weighted by Gasteiger charge is -2.36. The van der Waals surface area contributed by atoms with Gasteiger partial charge in [-0.1, -0.05) is 29.8 Å². The van der Waals surface area contributed by atoms with E-state index in [1.54, 1.807) is 12.1 Å². The second-order valence-corrected chi connectivity index (χ2v) is 19.4. The van der Waals surface area contributed by atoms with Crippen LogP contribution in [0.4, 0.5) is 5.69 Å². The summed E-state index contributed by atoms with van der Waals surface area (Å²) in [6.07, 6.45) is 4.74. The summed E-state index contributed by atoms with van der Waals surface area (Å²) < 4.78 is 2.17. The Morgan fingerprint density at radius 3 is 2.30 bits per heavy atom. The van der Waals surface area contributed by atoms with Gasteiger partial charge in [-0.05, 0) is 136 Å². The molecule has 310 valence electrons. The van der Waals surface area contributed by atoms with E-state index in [1.807, 2.05) is 24.3 Å². The smallest absolute Gasteiger partial charge is 0.282 e. The van der Waals surface area contributed by atoms with Gasteiger partial charge in [0.15, 0.2) is 0 Å². The van der Waals surface area contributed by atoms with Crippen molar-refractivity contribution in [2.75, 3.05) is 57.3 Å². The normalized spacial score (nSPS) is 26.7. The molecule has 12 nitrogen and oxygen atoms in total. The molecule has 0 spiro atoms. The van der Waals surface area contributed by atoms with Crippen LogP contribution in [0.15, 0.2) is 59.4 Å². The van der Waals surface area contributed by atoms with Crippen molar-refractivity contribution in [2.24, 2.45) is 23.7 Å². The first kappa shape index (κ1) is 38.0. The molecule has 3 aromatic carbocycles. The molecule has 1 aromatic heterocycles. The van der Waals surface area contributed by atoms with Crippen LogP contribution in [-0.4, -0.2) is 106 Å². The first-order valence-electron chi connectivity index (χ1n) is 21.9. The number of likely N-dealkylation sites (tertiary alicyclic amines) is 2. The number of rotatable bonds is 7. The summed E-state index contributed by atoms with van der Waals surface area (Å²) in [5.74, 6) is 2.49.